The van der Waals surface area contributed by atoms with Crippen LogP contribution in [-0.2, 0) is 9.57 Å². The maximum absolute atomic E-state index is 5.65. The number of pyridine rings is 1. The Kier molecular flexibility index (Phi) is 4.08. The van der Waals surface area contributed by atoms with Crippen LogP contribution < -0.4 is 0 Å². The van der Waals surface area contributed by atoms with Gasteiger partial charge in [0, 0.05) is 24.4 Å². The van der Waals surface area contributed by atoms with Crippen LogP contribution in [0.2, 0.25) is 0 Å². The molecule has 0 radical (unpaired) electrons. The van der Waals surface area contributed by atoms with Crippen molar-refractivity contribution in [1.82, 2.24) is 4.98 Å². The molecule has 1 aliphatic heterocycles. The van der Waals surface area contributed by atoms with E-state index in [9.17, 15) is 0 Å². The molecular weight excluding hydrogens is 256 g/mol. The Bertz CT molecular complexity index is 560. The Morgan fingerprint density at radius 3 is 3.10 bits per heavy atom. The third-order valence-corrected chi connectivity index (χ3v) is 3.07. The zero-order valence-corrected chi connectivity index (χ0v) is 11.1. The molecular formula is C15H16N2O3. The van der Waals surface area contributed by atoms with E-state index in [-0.39, 0.29) is 6.29 Å². The van der Waals surface area contributed by atoms with Crippen LogP contribution in [0.5, 0.6) is 0 Å². The van der Waals surface area contributed by atoms with Crippen LogP contribution in [0.3, 0.4) is 0 Å². The van der Waals surface area contributed by atoms with E-state index >= 15 is 0 Å². The number of oxime groups is 1. The first-order valence-electron chi connectivity index (χ1n) is 6.73. The third kappa shape index (κ3) is 3.24. The molecule has 0 aromatic carbocycles. The summed E-state index contributed by atoms with van der Waals surface area (Å²) in [5.74, 6) is 1.40. The van der Waals surface area contributed by atoms with Crippen LogP contribution in [0.15, 0.2) is 46.2 Å². The second kappa shape index (κ2) is 6.34. The molecule has 0 N–H and O–H groups in total. The van der Waals surface area contributed by atoms with E-state index in [0.29, 0.717) is 5.76 Å². The quantitative estimate of drug-likeness (QED) is 0.633. The van der Waals surface area contributed by atoms with Crippen molar-refractivity contribution in [2.75, 3.05) is 6.61 Å². The summed E-state index contributed by atoms with van der Waals surface area (Å²) in [5.41, 5.74) is 0.934. The van der Waals surface area contributed by atoms with Gasteiger partial charge in [0.25, 0.3) is 0 Å². The Balaban J connectivity index is 1.59. The minimum Gasteiger partial charge on any atom is -0.455 e. The summed E-state index contributed by atoms with van der Waals surface area (Å²) in [6.45, 7) is 0.742. The molecule has 0 saturated carbocycles. The van der Waals surface area contributed by atoms with E-state index in [2.05, 4.69) is 10.1 Å². The molecule has 1 fully saturated rings. The molecule has 5 nitrogen and oxygen atoms in total. The molecule has 3 rings (SSSR count). The van der Waals surface area contributed by atoms with Crippen LogP contribution in [0.4, 0.5) is 0 Å². The summed E-state index contributed by atoms with van der Waals surface area (Å²) in [7, 11) is 0. The summed E-state index contributed by atoms with van der Waals surface area (Å²) < 4.78 is 11.1. The summed E-state index contributed by atoms with van der Waals surface area (Å²) in [4.78, 5) is 9.34. The van der Waals surface area contributed by atoms with Gasteiger partial charge in [0.15, 0.2) is 0 Å². The van der Waals surface area contributed by atoms with Gasteiger partial charge in [-0.3, -0.25) is 4.98 Å². The monoisotopic (exact) mass is 272 g/mol. The fraction of sp³-hybridized carbons (Fsp3) is 0.333. The lowest BCUT2D eigenvalue weighted by Gasteiger charge is -2.19. The molecule has 5 heteroatoms. The first-order chi connectivity index (χ1) is 9.92. The fourth-order valence-electron chi connectivity index (χ4n) is 2.03. The maximum atomic E-state index is 5.65. The molecule has 0 spiro atoms. The molecule has 1 atom stereocenters. The van der Waals surface area contributed by atoms with Crippen LogP contribution in [0.25, 0.3) is 11.3 Å². The SMILES string of the molecule is C(=N\OC1CCCCO1)/c1ccc(-c2cccnc2)o1. The van der Waals surface area contributed by atoms with E-state index in [0.717, 1.165) is 37.2 Å². The Labute approximate surface area is 117 Å². The number of aromatic nitrogens is 1. The molecule has 104 valence electrons. The highest BCUT2D eigenvalue weighted by atomic mass is 16.8. The van der Waals surface area contributed by atoms with Crippen molar-refractivity contribution >= 4 is 6.21 Å². The first kappa shape index (κ1) is 12.9. The van der Waals surface area contributed by atoms with Crippen molar-refractivity contribution in [3.63, 3.8) is 0 Å². The summed E-state index contributed by atoms with van der Waals surface area (Å²) in [6, 6.07) is 7.54. The third-order valence-electron chi connectivity index (χ3n) is 3.07. The van der Waals surface area contributed by atoms with Crippen LogP contribution in [-0.4, -0.2) is 24.1 Å². The second-order valence-electron chi connectivity index (χ2n) is 4.58. The molecule has 2 aromatic rings. The minimum absolute atomic E-state index is 0.229. The normalized spacial score (nSPS) is 19.3. The van der Waals surface area contributed by atoms with Gasteiger partial charge in [0.05, 0.1) is 6.61 Å². The van der Waals surface area contributed by atoms with Crippen molar-refractivity contribution in [3.05, 3.63) is 42.4 Å². The molecule has 0 aliphatic carbocycles. The molecule has 1 unspecified atom stereocenters. The molecule has 1 aliphatic rings. The molecule has 0 amide bonds. The predicted molar refractivity (Wildman–Crippen MR) is 74.2 cm³/mol. The van der Waals surface area contributed by atoms with Gasteiger partial charge in [-0.15, -0.1) is 0 Å². The smallest absolute Gasteiger partial charge is 0.226 e. The number of furan rings is 1. The Morgan fingerprint density at radius 1 is 1.30 bits per heavy atom. The average Bonchev–Trinajstić information content (AvgIpc) is 2.98. The molecule has 0 bridgehead atoms. The van der Waals surface area contributed by atoms with Gasteiger partial charge in [-0.2, -0.15) is 0 Å². The van der Waals surface area contributed by atoms with Gasteiger partial charge >= 0.3 is 0 Å². The van der Waals surface area contributed by atoms with Gasteiger partial charge in [0.2, 0.25) is 6.29 Å². The van der Waals surface area contributed by atoms with Crippen molar-refractivity contribution in [1.29, 1.82) is 0 Å². The Hall–Kier alpha value is -2.14. The van der Waals surface area contributed by atoms with Gasteiger partial charge in [-0.1, -0.05) is 5.16 Å². The lowest BCUT2D eigenvalue weighted by Crippen LogP contribution is -2.20. The van der Waals surface area contributed by atoms with E-state index in [1.165, 1.54) is 0 Å². The van der Waals surface area contributed by atoms with E-state index in [4.69, 9.17) is 14.0 Å². The zero-order valence-electron chi connectivity index (χ0n) is 11.1. The second-order valence-corrected chi connectivity index (χ2v) is 4.58. The summed E-state index contributed by atoms with van der Waals surface area (Å²) in [5, 5.41) is 3.91. The summed E-state index contributed by atoms with van der Waals surface area (Å²) in [6.07, 6.45) is 7.91. The van der Waals surface area contributed by atoms with Gasteiger partial charge in [-0.05, 0) is 37.1 Å². The van der Waals surface area contributed by atoms with Gasteiger partial charge in [0.1, 0.15) is 17.7 Å². The highest BCUT2D eigenvalue weighted by Gasteiger charge is 2.14. The van der Waals surface area contributed by atoms with Crippen molar-refractivity contribution in [3.8, 4) is 11.3 Å². The average molecular weight is 272 g/mol. The van der Waals surface area contributed by atoms with Crippen molar-refractivity contribution < 1.29 is 14.0 Å². The van der Waals surface area contributed by atoms with Crippen LogP contribution in [0, 0.1) is 0 Å². The van der Waals surface area contributed by atoms with Gasteiger partial charge in [-0.25, -0.2) is 0 Å². The molecule has 2 aromatic heterocycles. The summed E-state index contributed by atoms with van der Waals surface area (Å²) >= 11 is 0. The number of nitrogens with zero attached hydrogens (tertiary/aromatic N) is 2. The number of rotatable bonds is 4. The molecule has 20 heavy (non-hydrogen) atoms. The van der Waals surface area contributed by atoms with E-state index in [1.807, 2.05) is 24.3 Å². The highest BCUT2D eigenvalue weighted by Crippen LogP contribution is 2.20. The lowest BCUT2D eigenvalue weighted by atomic mass is 10.2. The van der Waals surface area contributed by atoms with Crippen molar-refractivity contribution in [2.45, 2.75) is 25.6 Å². The molecule has 1 saturated heterocycles. The van der Waals surface area contributed by atoms with E-state index in [1.54, 1.807) is 18.6 Å². The van der Waals surface area contributed by atoms with Crippen LogP contribution in [0.1, 0.15) is 25.0 Å². The topological polar surface area (TPSA) is 56.9 Å². The number of ether oxygens (including phenoxy) is 1. The number of hydrogen-bond donors (Lipinski definition) is 0. The standard InChI is InChI=1S/C15H16N2O3/c1-2-9-18-15(5-1)20-17-11-13-6-7-14(19-13)12-4-3-8-16-10-12/h3-4,6-8,10-11,15H,1-2,5,9H2/b17-11+. The van der Waals surface area contributed by atoms with Gasteiger partial charge < -0.3 is 14.0 Å². The predicted octanol–water partition coefficient (Wildman–Crippen LogP) is 3.22. The Morgan fingerprint density at radius 2 is 2.30 bits per heavy atom. The zero-order chi connectivity index (χ0) is 13.6. The maximum Gasteiger partial charge on any atom is 0.226 e. The largest absolute Gasteiger partial charge is 0.455 e. The van der Waals surface area contributed by atoms with Crippen LogP contribution >= 0.6 is 0 Å². The number of hydrogen-bond acceptors (Lipinski definition) is 5. The molecule has 3 heterocycles. The fourth-order valence-corrected chi connectivity index (χ4v) is 2.03. The van der Waals surface area contributed by atoms with E-state index < -0.39 is 0 Å². The lowest BCUT2D eigenvalue weighted by molar-refractivity contribution is -0.161. The van der Waals surface area contributed by atoms with Crippen molar-refractivity contribution in [2.24, 2.45) is 5.16 Å². The minimum atomic E-state index is -0.229. The highest BCUT2D eigenvalue weighted by molar-refractivity contribution is 5.76. The first-order valence-corrected chi connectivity index (χ1v) is 6.73.